The molecule has 0 aromatic heterocycles. The van der Waals surface area contributed by atoms with Gasteiger partial charge in [-0.05, 0) is 48.6 Å². The van der Waals surface area contributed by atoms with Crippen molar-refractivity contribution in [1.82, 2.24) is 0 Å². The van der Waals surface area contributed by atoms with E-state index in [2.05, 4.69) is 6.08 Å². The highest BCUT2D eigenvalue weighted by Crippen LogP contribution is 2.31. The second kappa shape index (κ2) is 6.23. The minimum absolute atomic E-state index is 0.260. The van der Waals surface area contributed by atoms with Crippen molar-refractivity contribution in [3.05, 3.63) is 47.6 Å². The number of esters is 1. The maximum Gasteiger partial charge on any atom is 0.331 e. The predicted octanol–water partition coefficient (Wildman–Crippen LogP) is 3.36. The first-order chi connectivity index (χ1) is 9.22. The average molecular weight is 258 g/mol. The van der Waals surface area contributed by atoms with Crippen LogP contribution in [-0.4, -0.2) is 19.7 Å². The molecule has 0 heterocycles. The number of carbonyl (C=O) groups excluding carboxylic acids is 1. The third kappa shape index (κ3) is 3.47. The molecule has 1 aliphatic rings. The maximum atomic E-state index is 11.4. The summed E-state index contributed by atoms with van der Waals surface area (Å²) in [5.74, 6) is 0.592. The van der Waals surface area contributed by atoms with Crippen molar-refractivity contribution in [3.8, 4) is 5.75 Å². The third-order valence-electron chi connectivity index (χ3n) is 3.09. The summed E-state index contributed by atoms with van der Waals surface area (Å²) in [6.45, 7) is 2.22. The molecule has 1 aromatic carbocycles. The molecule has 0 N–H and O–H groups in total. The Morgan fingerprint density at radius 3 is 2.63 bits per heavy atom. The fraction of sp³-hybridized carbons (Fsp3) is 0.312. The van der Waals surface area contributed by atoms with Gasteiger partial charge in [-0.15, -0.1) is 0 Å². The molecule has 0 saturated carbocycles. The van der Waals surface area contributed by atoms with Crippen LogP contribution in [0.1, 0.15) is 25.3 Å². The van der Waals surface area contributed by atoms with E-state index in [1.807, 2.05) is 31.2 Å². The van der Waals surface area contributed by atoms with Crippen LogP contribution in [0.5, 0.6) is 5.75 Å². The summed E-state index contributed by atoms with van der Waals surface area (Å²) in [5.41, 5.74) is 3.45. The summed E-state index contributed by atoms with van der Waals surface area (Å²) in [5, 5.41) is 0. The molecule has 0 saturated heterocycles. The number of hydrogen-bond acceptors (Lipinski definition) is 3. The van der Waals surface area contributed by atoms with Crippen molar-refractivity contribution in [2.45, 2.75) is 19.8 Å². The predicted molar refractivity (Wildman–Crippen MR) is 74.9 cm³/mol. The molecule has 19 heavy (non-hydrogen) atoms. The van der Waals surface area contributed by atoms with Crippen LogP contribution < -0.4 is 4.74 Å². The standard InChI is InChI=1S/C16H18O3/c1-3-19-16(17)11-12-4-5-14(10-12)13-6-8-15(18-2)9-7-13/h6-11H,3-5H2,1-2H3/b12-11-. The normalized spacial score (nSPS) is 16.3. The smallest absolute Gasteiger partial charge is 0.331 e. The molecular weight excluding hydrogens is 240 g/mol. The van der Waals surface area contributed by atoms with Crippen LogP contribution in [0.25, 0.3) is 5.57 Å². The Morgan fingerprint density at radius 1 is 1.26 bits per heavy atom. The lowest BCUT2D eigenvalue weighted by Crippen LogP contribution is -1.99. The summed E-state index contributed by atoms with van der Waals surface area (Å²) in [6, 6.07) is 7.97. The van der Waals surface area contributed by atoms with Crippen LogP contribution >= 0.6 is 0 Å². The first-order valence-electron chi connectivity index (χ1n) is 6.45. The van der Waals surface area contributed by atoms with Gasteiger partial charge in [0.05, 0.1) is 13.7 Å². The van der Waals surface area contributed by atoms with Gasteiger partial charge in [0.2, 0.25) is 0 Å². The quantitative estimate of drug-likeness (QED) is 0.613. The van der Waals surface area contributed by atoms with Gasteiger partial charge >= 0.3 is 5.97 Å². The summed E-state index contributed by atoms with van der Waals surface area (Å²) < 4.78 is 10.1. The first kappa shape index (κ1) is 13.4. The van der Waals surface area contributed by atoms with Crippen molar-refractivity contribution >= 4 is 11.5 Å². The SMILES string of the molecule is CCOC(=O)/C=C1\C=C(c2ccc(OC)cc2)CC1. The zero-order valence-corrected chi connectivity index (χ0v) is 11.3. The molecule has 0 spiro atoms. The molecule has 1 aliphatic carbocycles. The number of hydrogen-bond donors (Lipinski definition) is 0. The Balaban J connectivity index is 2.11. The van der Waals surface area contributed by atoms with Gasteiger partial charge in [-0.1, -0.05) is 18.2 Å². The van der Waals surface area contributed by atoms with Crippen molar-refractivity contribution in [1.29, 1.82) is 0 Å². The number of allylic oxidation sites excluding steroid dienone is 3. The van der Waals surface area contributed by atoms with E-state index in [0.29, 0.717) is 6.61 Å². The minimum Gasteiger partial charge on any atom is -0.497 e. The Kier molecular flexibility index (Phi) is 4.39. The van der Waals surface area contributed by atoms with Gasteiger partial charge in [-0.2, -0.15) is 0 Å². The Morgan fingerprint density at radius 2 is 2.00 bits per heavy atom. The Labute approximate surface area is 113 Å². The number of ether oxygens (including phenoxy) is 2. The van der Waals surface area contributed by atoms with Crippen LogP contribution in [0.4, 0.5) is 0 Å². The van der Waals surface area contributed by atoms with Gasteiger partial charge in [0.25, 0.3) is 0 Å². The fourth-order valence-corrected chi connectivity index (χ4v) is 2.13. The molecule has 0 bridgehead atoms. The van der Waals surface area contributed by atoms with Gasteiger partial charge < -0.3 is 9.47 Å². The van der Waals surface area contributed by atoms with Gasteiger partial charge in [0.1, 0.15) is 5.75 Å². The Bertz CT molecular complexity index is 509. The first-order valence-corrected chi connectivity index (χ1v) is 6.45. The number of methoxy groups -OCH3 is 1. The van der Waals surface area contributed by atoms with Gasteiger partial charge in [-0.3, -0.25) is 0 Å². The molecule has 100 valence electrons. The third-order valence-corrected chi connectivity index (χ3v) is 3.09. The number of benzene rings is 1. The summed E-state index contributed by atoms with van der Waals surface area (Å²) in [7, 11) is 1.66. The summed E-state index contributed by atoms with van der Waals surface area (Å²) in [6.07, 6.45) is 5.50. The number of rotatable bonds is 4. The molecule has 0 unspecified atom stereocenters. The molecule has 0 amide bonds. The highest BCUT2D eigenvalue weighted by Gasteiger charge is 2.12. The molecule has 3 nitrogen and oxygen atoms in total. The Hall–Kier alpha value is -2.03. The van der Waals surface area contributed by atoms with Crippen molar-refractivity contribution in [3.63, 3.8) is 0 Å². The number of carbonyl (C=O) groups is 1. The van der Waals surface area contributed by atoms with Crippen LogP contribution in [-0.2, 0) is 9.53 Å². The zero-order chi connectivity index (χ0) is 13.7. The molecule has 0 radical (unpaired) electrons. The van der Waals surface area contributed by atoms with Crippen molar-refractivity contribution < 1.29 is 14.3 Å². The largest absolute Gasteiger partial charge is 0.497 e. The fourth-order valence-electron chi connectivity index (χ4n) is 2.13. The van der Waals surface area contributed by atoms with Crippen LogP contribution in [0.3, 0.4) is 0 Å². The molecule has 0 fully saturated rings. The topological polar surface area (TPSA) is 35.5 Å². The molecule has 2 rings (SSSR count). The van der Waals surface area contributed by atoms with Crippen LogP contribution in [0.15, 0.2) is 42.0 Å². The van der Waals surface area contributed by atoms with Crippen LogP contribution in [0.2, 0.25) is 0 Å². The van der Waals surface area contributed by atoms with E-state index in [1.165, 1.54) is 11.1 Å². The lowest BCUT2D eigenvalue weighted by atomic mass is 10.1. The van der Waals surface area contributed by atoms with E-state index in [1.54, 1.807) is 13.2 Å². The summed E-state index contributed by atoms with van der Waals surface area (Å²) >= 11 is 0. The minimum atomic E-state index is -0.260. The molecule has 1 aromatic rings. The van der Waals surface area contributed by atoms with E-state index in [-0.39, 0.29) is 5.97 Å². The maximum absolute atomic E-state index is 11.4. The van der Waals surface area contributed by atoms with E-state index >= 15 is 0 Å². The van der Waals surface area contributed by atoms with E-state index in [4.69, 9.17) is 9.47 Å². The van der Waals surface area contributed by atoms with E-state index in [0.717, 1.165) is 24.2 Å². The van der Waals surface area contributed by atoms with Crippen molar-refractivity contribution in [2.24, 2.45) is 0 Å². The average Bonchev–Trinajstić information content (AvgIpc) is 2.87. The van der Waals surface area contributed by atoms with Gasteiger partial charge in [-0.25, -0.2) is 4.79 Å². The van der Waals surface area contributed by atoms with Crippen LogP contribution in [0, 0.1) is 0 Å². The van der Waals surface area contributed by atoms with Crippen molar-refractivity contribution in [2.75, 3.05) is 13.7 Å². The second-order valence-corrected chi connectivity index (χ2v) is 4.37. The zero-order valence-electron chi connectivity index (χ0n) is 11.3. The highest BCUT2D eigenvalue weighted by atomic mass is 16.5. The molecule has 0 atom stereocenters. The second-order valence-electron chi connectivity index (χ2n) is 4.37. The molecular formula is C16H18O3. The molecule has 0 aliphatic heterocycles. The van der Waals surface area contributed by atoms with Gasteiger partial charge in [0, 0.05) is 6.08 Å². The lowest BCUT2D eigenvalue weighted by Gasteiger charge is -2.03. The summed E-state index contributed by atoms with van der Waals surface area (Å²) in [4.78, 5) is 11.4. The monoisotopic (exact) mass is 258 g/mol. The lowest BCUT2D eigenvalue weighted by molar-refractivity contribution is -0.137. The molecule has 3 heteroatoms. The highest BCUT2D eigenvalue weighted by molar-refractivity contribution is 5.85. The van der Waals surface area contributed by atoms with E-state index in [9.17, 15) is 4.79 Å². The van der Waals surface area contributed by atoms with Gasteiger partial charge in [0.15, 0.2) is 0 Å². The van der Waals surface area contributed by atoms with E-state index < -0.39 is 0 Å².